The number of rotatable bonds is 7. The highest BCUT2D eigenvalue weighted by Gasteiger charge is 2.12. The Labute approximate surface area is 152 Å². The Kier molecular flexibility index (Phi) is 6.57. The minimum absolute atomic E-state index is 0.137. The molecule has 1 amide bonds. The van der Waals surface area contributed by atoms with Crippen molar-refractivity contribution in [3.63, 3.8) is 0 Å². The van der Waals surface area contributed by atoms with Crippen LogP contribution in [0.15, 0.2) is 28.7 Å². The minimum Gasteiger partial charge on any atom is -0.341 e. The lowest BCUT2D eigenvalue weighted by molar-refractivity contribution is -0.130. The number of nitrogens with one attached hydrogen (secondary N) is 1. The highest BCUT2D eigenvalue weighted by molar-refractivity contribution is 9.10. The monoisotopic (exact) mass is 392 g/mol. The van der Waals surface area contributed by atoms with E-state index in [1.807, 2.05) is 50.0 Å². The highest BCUT2D eigenvalue weighted by atomic mass is 79.9. The minimum atomic E-state index is 0.137. The molecule has 0 aliphatic carbocycles. The summed E-state index contributed by atoms with van der Waals surface area (Å²) in [7, 11) is 3.79. The van der Waals surface area contributed by atoms with Crippen molar-refractivity contribution in [1.29, 1.82) is 0 Å². The van der Waals surface area contributed by atoms with Gasteiger partial charge in [-0.25, -0.2) is 0 Å². The van der Waals surface area contributed by atoms with Crippen LogP contribution in [-0.2, 0) is 24.9 Å². The van der Waals surface area contributed by atoms with Crippen LogP contribution in [0.4, 0.5) is 0 Å². The number of hydrogen-bond acceptors (Lipinski definition) is 3. The molecule has 1 aromatic carbocycles. The van der Waals surface area contributed by atoms with Crippen LogP contribution in [0.2, 0.25) is 0 Å². The molecule has 0 aliphatic heterocycles. The number of aryl methyl sites for hydroxylation is 2. The number of carbonyl (C=O) groups excluding carboxylic acids is 1. The second-order valence-corrected chi connectivity index (χ2v) is 6.90. The predicted molar refractivity (Wildman–Crippen MR) is 99.6 cm³/mol. The van der Waals surface area contributed by atoms with Crippen molar-refractivity contribution in [1.82, 2.24) is 20.0 Å². The Morgan fingerprint density at radius 2 is 2.04 bits per heavy atom. The normalized spacial score (nSPS) is 10.9. The zero-order chi connectivity index (χ0) is 17.7. The lowest BCUT2D eigenvalue weighted by Gasteiger charge is -2.18. The zero-order valence-electron chi connectivity index (χ0n) is 14.8. The molecule has 1 aromatic heterocycles. The maximum absolute atomic E-state index is 12.3. The Bertz CT molecular complexity index is 711. The molecule has 1 N–H and O–H groups in total. The molecule has 0 fully saturated rings. The fourth-order valence-electron chi connectivity index (χ4n) is 2.64. The first kappa shape index (κ1) is 18.7. The maximum Gasteiger partial charge on any atom is 0.223 e. The standard InChI is InChI=1S/C18H25BrN4O/c1-13-16(14(2)23(4)21-13)11-20-10-9-18(24)22(3)12-15-7-5-6-8-17(15)19/h5-8,20H,9-12H2,1-4H3. The molecule has 0 atom stereocenters. The third-order valence-electron chi connectivity index (χ3n) is 4.27. The molecular weight excluding hydrogens is 368 g/mol. The van der Waals surface area contributed by atoms with E-state index >= 15 is 0 Å². The second kappa shape index (κ2) is 8.44. The Morgan fingerprint density at radius 1 is 1.33 bits per heavy atom. The van der Waals surface area contributed by atoms with Gasteiger partial charge in [0.05, 0.1) is 5.69 Å². The van der Waals surface area contributed by atoms with Crippen molar-refractivity contribution < 1.29 is 4.79 Å². The summed E-state index contributed by atoms with van der Waals surface area (Å²) in [5, 5.41) is 7.75. The van der Waals surface area contributed by atoms with Crippen LogP contribution in [0, 0.1) is 13.8 Å². The molecular formula is C18H25BrN4O. The van der Waals surface area contributed by atoms with E-state index in [0.29, 0.717) is 19.5 Å². The largest absolute Gasteiger partial charge is 0.341 e. The number of carbonyl (C=O) groups is 1. The molecule has 0 aliphatic rings. The van der Waals surface area contributed by atoms with E-state index in [2.05, 4.69) is 33.3 Å². The van der Waals surface area contributed by atoms with Crippen molar-refractivity contribution in [3.8, 4) is 0 Å². The summed E-state index contributed by atoms with van der Waals surface area (Å²) in [5.74, 6) is 0.137. The molecule has 2 rings (SSSR count). The number of aromatic nitrogens is 2. The summed E-state index contributed by atoms with van der Waals surface area (Å²) >= 11 is 3.52. The van der Waals surface area contributed by atoms with Crippen molar-refractivity contribution in [2.75, 3.05) is 13.6 Å². The van der Waals surface area contributed by atoms with Gasteiger partial charge in [0, 0.05) is 55.9 Å². The van der Waals surface area contributed by atoms with Crippen LogP contribution in [0.5, 0.6) is 0 Å². The number of amides is 1. The fraction of sp³-hybridized carbons (Fsp3) is 0.444. The molecule has 0 bridgehead atoms. The maximum atomic E-state index is 12.3. The molecule has 1 heterocycles. The fourth-order valence-corrected chi connectivity index (χ4v) is 3.05. The number of halogens is 1. The Balaban J connectivity index is 1.77. The van der Waals surface area contributed by atoms with E-state index in [0.717, 1.165) is 28.0 Å². The van der Waals surface area contributed by atoms with E-state index in [1.165, 1.54) is 5.56 Å². The summed E-state index contributed by atoms with van der Waals surface area (Å²) in [4.78, 5) is 14.0. The summed E-state index contributed by atoms with van der Waals surface area (Å²) in [6.07, 6.45) is 0.485. The van der Waals surface area contributed by atoms with Crippen LogP contribution >= 0.6 is 15.9 Å². The first-order valence-electron chi connectivity index (χ1n) is 8.07. The Morgan fingerprint density at radius 3 is 2.67 bits per heavy atom. The number of benzene rings is 1. The van der Waals surface area contributed by atoms with Gasteiger partial charge in [-0.1, -0.05) is 34.1 Å². The smallest absolute Gasteiger partial charge is 0.223 e. The average molecular weight is 393 g/mol. The van der Waals surface area contributed by atoms with Gasteiger partial charge in [-0.2, -0.15) is 5.10 Å². The van der Waals surface area contributed by atoms with Gasteiger partial charge in [0.25, 0.3) is 0 Å². The van der Waals surface area contributed by atoms with Crippen LogP contribution in [0.3, 0.4) is 0 Å². The molecule has 24 heavy (non-hydrogen) atoms. The van der Waals surface area contributed by atoms with Crippen LogP contribution in [0.1, 0.15) is 28.9 Å². The topological polar surface area (TPSA) is 50.2 Å². The van der Waals surface area contributed by atoms with Crippen molar-refractivity contribution >= 4 is 21.8 Å². The molecule has 6 heteroatoms. The summed E-state index contributed by atoms with van der Waals surface area (Å²) < 4.78 is 2.92. The Hall–Kier alpha value is -1.66. The van der Waals surface area contributed by atoms with Crippen LogP contribution < -0.4 is 5.32 Å². The molecule has 0 radical (unpaired) electrons. The molecule has 130 valence electrons. The van der Waals surface area contributed by atoms with Gasteiger partial charge in [-0.15, -0.1) is 0 Å². The van der Waals surface area contributed by atoms with E-state index in [4.69, 9.17) is 0 Å². The van der Waals surface area contributed by atoms with E-state index < -0.39 is 0 Å². The summed E-state index contributed by atoms with van der Waals surface area (Å²) in [6.45, 7) is 6.09. The van der Waals surface area contributed by atoms with Gasteiger partial charge in [-0.05, 0) is 25.5 Å². The molecule has 0 spiro atoms. The average Bonchev–Trinajstić information content (AvgIpc) is 2.79. The lowest BCUT2D eigenvalue weighted by Crippen LogP contribution is -2.29. The molecule has 0 unspecified atom stereocenters. The second-order valence-electron chi connectivity index (χ2n) is 6.04. The van der Waals surface area contributed by atoms with Gasteiger partial charge in [-0.3, -0.25) is 9.48 Å². The van der Waals surface area contributed by atoms with Gasteiger partial charge < -0.3 is 10.2 Å². The number of nitrogens with zero attached hydrogens (tertiary/aromatic N) is 3. The van der Waals surface area contributed by atoms with Crippen molar-refractivity contribution in [2.24, 2.45) is 7.05 Å². The number of hydrogen-bond donors (Lipinski definition) is 1. The predicted octanol–water partition coefficient (Wildman–Crippen LogP) is 2.94. The van der Waals surface area contributed by atoms with Crippen LogP contribution in [-0.4, -0.2) is 34.2 Å². The first-order chi connectivity index (χ1) is 11.4. The van der Waals surface area contributed by atoms with E-state index in [-0.39, 0.29) is 5.91 Å². The zero-order valence-corrected chi connectivity index (χ0v) is 16.4. The van der Waals surface area contributed by atoms with Crippen LogP contribution in [0.25, 0.3) is 0 Å². The SMILES string of the molecule is Cc1nn(C)c(C)c1CNCCC(=O)N(C)Cc1ccccc1Br. The van der Waals surface area contributed by atoms with Gasteiger partial charge in [0.1, 0.15) is 0 Å². The summed E-state index contributed by atoms with van der Waals surface area (Å²) in [5.41, 5.74) is 4.53. The highest BCUT2D eigenvalue weighted by Crippen LogP contribution is 2.17. The van der Waals surface area contributed by atoms with Crippen molar-refractivity contribution in [3.05, 3.63) is 51.3 Å². The third kappa shape index (κ3) is 4.68. The van der Waals surface area contributed by atoms with Gasteiger partial charge in [0.2, 0.25) is 5.91 Å². The summed E-state index contributed by atoms with van der Waals surface area (Å²) in [6, 6.07) is 7.98. The molecule has 2 aromatic rings. The quantitative estimate of drug-likeness (QED) is 0.736. The van der Waals surface area contributed by atoms with Gasteiger partial charge >= 0.3 is 0 Å². The van der Waals surface area contributed by atoms with E-state index in [1.54, 1.807) is 4.90 Å². The van der Waals surface area contributed by atoms with E-state index in [9.17, 15) is 4.79 Å². The van der Waals surface area contributed by atoms with Gasteiger partial charge in [0.15, 0.2) is 0 Å². The molecule has 0 saturated heterocycles. The molecule has 0 saturated carbocycles. The molecule has 5 nitrogen and oxygen atoms in total. The first-order valence-corrected chi connectivity index (χ1v) is 8.86. The third-order valence-corrected chi connectivity index (χ3v) is 5.04. The lowest BCUT2D eigenvalue weighted by atomic mass is 10.2. The van der Waals surface area contributed by atoms with Crippen molar-refractivity contribution in [2.45, 2.75) is 33.4 Å².